The number of carbonyl (C=O) groups is 1. The highest BCUT2D eigenvalue weighted by Crippen LogP contribution is 2.48. The summed E-state index contributed by atoms with van der Waals surface area (Å²) in [5.74, 6) is 0.671. The highest BCUT2D eigenvalue weighted by Gasteiger charge is 2.45. The van der Waals surface area contributed by atoms with Gasteiger partial charge in [-0.2, -0.15) is 5.26 Å². The van der Waals surface area contributed by atoms with Gasteiger partial charge in [-0.05, 0) is 55.5 Å². The number of fused-ring (bicyclic) bond motifs is 2. The van der Waals surface area contributed by atoms with Gasteiger partial charge in [0.15, 0.2) is 0 Å². The number of carbonyl (C=O) groups excluding carboxylic acids is 1. The van der Waals surface area contributed by atoms with Crippen molar-refractivity contribution in [1.29, 1.82) is 5.26 Å². The number of nitriles is 1. The van der Waals surface area contributed by atoms with E-state index in [1.54, 1.807) is 12.3 Å². The molecule has 6 nitrogen and oxygen atoms in total. The molecule has 2 saturated heterocycles. The average Bonchev–Trinajstić information content (AvgIpc) is 3.53. The minimum atomic E-state index is -0.236. The molecule has 7 heteroatoms. The summed E-state index contributed by atoms with van der Waals surface area (Å²) < 4.78 is 19.0. The smallest absolute Gasteiger partial charge is 0.248 e. The molecule has 1 aromatic heterocycles. The van der Waals surface area contributed by atoms with Gasteiger partial charge < -0.3 is 14.5 Å². The van der Waals surface area contributed by atoms with Gasteiger partial charge in [0.05, 0.1) is 12.2 Å². The predicted octanol–water partition coefficient (Wildman–Crippen LogP) is 3.02. The molecule has 0 radical (unpaired) electrons. The highest BCUT2D eigenvalue weighted by molar-refractivity contribution is 5.78. The molecular weight excluding hydrogens is 395 g/mol. The third-order valence-electron chi connectivity index (χ3n) is 6.89. The maximum absolute atomic E-state index is 13.2. The Labute approximate surface area is 181 Å². The van der Waals surface area contributed by atoms with Crippen LogP contribution in [0.15, 0.2) is 42.6 Å². The number of anilines is 1. The van der Waals surface area contributed by atoms with Crippen molar-refractivity contribution in [2.45, 2.75) is 43.2 Å². The number of pyridine rings is 1. The molecule has 1 saturated carbocycles. The molecule has 3 fully saturated rings. The Bertz CT molecular complexity index is 984. The van der Waals surface area contributed by atoms with Gasteiger partial charge in [0.25, 0.3) is 0 Å². The van der Waals surface area contributed by atoms with E-state index in [1.807, 2.05) is 23.1 Å². The number of halogens is 1. The molecule has 2 aromatic rings. The molecule has 2 bridgehead atoms. The highest BCUT2D eigenvalue weighted by atomic mass is 19.1. The van der Waals surface area contributed by atoms with Gasteiger partial charge in [-0.3, -0.25) is 4.79 Å². The van der Waals surface area contributed by atoms with Crippen LogP contribution < -0.4 is 4.90 Å². The molecule has 31 heavy (non-hydrogen) atoms. The summed E-state index contributed by atoms with van der Waals surface area (Å²) in [6, 6.07) is 12.9. The van der Waals surface area contributed by atoms with Crippen LogP contribution in [0.1, 0.15) is 36.8 Å². The Kier molecular flexibility index (Phi) is 5.11. The minimum Gasteiger partial charge on any atom is -0.371 e. The van der Waals surface area contributed by atoms with E-state index in [9.17, 15) is 9.18 Å². The number of benzene rings is 1. The Morgan fingerprint density at radius 2 is 1.87 bits per heavy atom. The normalized spacial score (nSPS) is 23.5. The van der Waals surface area contributed by atoms with Crippen molar-refractivity contribution in [2.24, 2.45) is 0 Å². The lowest BCUT2D eigenvalue weighted by Gasteiger charge is -2.41. The molecule has 1 aliphatic carbocycles. The molecule has 3 heterocycles. The Balaban J connectivity index is 1.16. The number of aromatic nitrogens is 1. The Hall–Kier alpha value is -2.98. The first-order valence-electron chi connectivity index (χ1n) is 10.8. The average molecular weight is 420 g/mol. The van der Waals surface area contributed by atoms with E-state index in [0.717, 1.165) is 37.1 Å². The first-order chi connectivity index (χ1) is 15.1. The summed E-state index contributed by atoms with van der Waals surface area (Å²) in [6.07, 6.45) is 5.69. The van der Waals surface area contributed by atoms with Gasteiger partial charge in [-0.1, -0.05) is 12.1 Å². The van der Waals surface area contributed by atoms with Gasteiger partial charge in [0.2, 0.25) is 5.91 Å². The van der Waals surface area contributed by atoms with Crippen LogP contribution in [-0.2, 0) is 14.9 Å². The standard InChI is InChI=1S/C24H25FN4O2/c25-19-4-2-18(3-5-19)24(9-10-24)16-31-15-23(30)28-13-20-6-7-21(14-28)29(20)22-8-1-17(11-26)12-27-22/h1-5,8,12,20-21H,6-7,9-10,13-16H2. The van der Waals surface area contributed by atoms with Crippen LogP contribution in [0, 0.1) is 17.1 Å². The number of piperazine rings is 1. The lowest BCUT2D eigenvalue weighted by atomic mass is 9.97. The van der Waals surface area contributed by atoms with Gasteiger partial charge in [-0.15, -0.1) is 0 Å². The zero-order valence-corrected chi connectivity index (χ0v) is 17.3. The fraction of sp³-hybridized carbons (Fsp3) is 0.458. The lowest BCUT2D eigenvalue weighted by molar-refractivity contribution is -0.137. The summed E-state index contributed by atoms with van der Waals surface area (Å²) in [7, 11) is 0. The van der Waals surface area contributed by atoms with E-state index in [1.165, 1.54) is 12.1 Å². The van der Waals surface area contributed by atoms with Crippen LogP contribution >= 0.6 is 0 Å². The molecule has 2 aliphatic heterocycles. The lowest BCUT2D eigenvalue weighted by Crippen LogP contribution is -2.56. The van der Waals surface area contributed by atoms with Crippen molar-refractivity contribution in [3.05, 3.63) is 59.5 Å². The maximum Gasteiger partial charge on any atom is 0.248 e. The van der Waals surface area contributed by atoms with Crippen molar-refractivity contribution in [3.63, 3.8) is 0 Å². The van der Waals surface area contributed by atoms with Crippen LogP contribution in [0.2, 0.25) is 0 Å². The zero-order valence-electron chi connectivity index (χ0n) is 17.3. The largest absolute Gasteiger partial charge is 0.371 e. The molecule has 5 rings (SSSR count). The first-order valence-corrected chi connectivity index (χ1v) is 10.8. The van der Waals surface area contributed by atoms with Gasteiger partial charge >= 0.3 is 0 Å². The third-order valence-corrected chi connectivity index (χ3v) is 6.89. The van der Waals surface area contributed by atoms with Crippen LogP contribution in [0.3, 0.4) is 0 Å². The summed E-state index contributed by atoms with van der Waals surface area (Å²) in [5.41, 5.74) is 1.58. The first kappa shape index (κ1) is 20.0. The number of amides is 1. The van der Waals surface area contributed by atoms with Crippen LogP contribution in [0.25, 0.3) is 0 Å². The third kappa shape index (κ3) is 3.88. The van der Waals surface area contributed by atoms with E-state index < -0.39 is 0 Å². The van der Waals surface area contributed by atoms with Gasteiger partial charge in [-0.25, -0.2) is 9.37 Å². The Morgan fingerprint density at radius 3 is 2.45 bits per heavy atom. The molecule has 1 aromatic carbocycles. The summed E-state index contributed by atoms with van der Waals surface area (Å²) in [4.78, 5) is 21.5. The van der Waals surface area contributed by atoms with E-state index in [-0.39, 0.29) is 35.8 Å². The van der Waals surface area contributed by atoms with Crippen LogP contribution in [-0.4, -0.2) is 54.2 Å². The number of hydrogen-bond donors (Lipinski definition) is 0. The number of ether oxygens (including phenoxy) is 1. The molecule has 1 amide bonds. The predicted molar refractivity (Wildman–Crippen MR) is 113 cm³/mol. The molecular formula is C24H25FN4O2. The van der Waals surface area contributed by atoms with E-state index in [0.29, 0.717) is 25.3 Å². The molecule has 2 unspecified atom stereocenters. The number of hydrogen-bond acceptors (Lipinski definition) is 5. The van der Waals surface area contributed by atoms with Crippen LogP contribution in [0.4, 0.5) is 10.2 Å². The van der Waals surface area contributed by atoms with Crippen molar-refractivity contribution < 1.29 is 13.9 Å². The molecule has 2 atom stereocenters. The molecule has 0 N–H and O–H groups in total. The van der Waals surface area contributed by atoms with Gasteiger partial charge in [0, 0.05) is 36.8 Å². The van der Waals surface area contributed by atoms with Crippen molar-refractivity contribution in [1.82, 2.24) is 9.88 Å². The minimum absolute atomic E-state index is 0.0271. The zero-order chi connectivity index (χ0) is 21.4. The fourth-order valence-electron chi connectivity index (χ4n) is 4.98. The SMILES string of the molecule is N#Cc1ccc(N2C3CCC2CN(C(=O)COCC2(c4ccc(F)cc4)CC2)C3)nc1. The second-order valence-electron chi connectivity index (χ2n) is 8.89. The summed E-state index contributed by atoms with van der Waals surface area (Å²) in [5, 5.41) is 8.98. The maximum atomic E-state index is 13.2. The molecule has 3 aliphatic rings. The quantitative estimate of drug-likeness (QED) is 0.719. The second-order valence-corrected chi connectivity index (χ2v) is 8.89. The van der Waals surface area contributed by atoms with Crippen molar-refractivity contribution in [2.75, 3.05) is 31.2 Å². The van der Waals surface area contributed by atoms with E-state index in [2.05, 4.69) is 16.0 Å². The monoisotopic (exact) mass is 420 g/mol. The van der Waals surface area contributed by atoms with E-state index >= 15 is 0 Å². The van der Waals surface area contributed by atoms with Gasteiger partial charge in [0.1, 0.15) is 24.3 Å². The van der Waals surface area contributed by atoms with E-state index in [4.69, 9.17) is 10.00 Å². The molecule has 0 spiro atoms. The van der Waals surface area contributed by atoms with Crippen LogP contribution in [0.5, 0.6) is 0 Å². The number of rotatable bonds is 6. The topological polar surface area (TPSA) is 69.5 Å². The summed E-state index contributed by atoms with van der Waals surface area (Å²) >= 11 is 0. The number of likely N-dealkylation sites (tertiary alicyclic amines) is 1. The second kappa shape index (κ2) is 7.93. The van der Waals surface area contributed by atoms with Crippen molar-refractivity contribution in [3.8, 4) is 6.07 Å². The number of nitrogens with zero attached hydrogens (tertiary/aromatic N) is 4. The molecule has 160 valence electrons. The summed E-state index contributed by atoms with van der Waals surface area (Å²) in [6.45, 7) is 1.91. The van der Waals surface area contributed by atoms with Crippen molar-refractivity contribution >= 4 is 11.7 Å². The Morgan fingerprint density at radius 1 is 1.16 bits per heavy atom. The fourth-order valence-corrected chi connectivity index (χ4v) is 4.98.